The lowest BCUT2D eigenvalue weighted by Crippen LogP contribution is -2.02. The van der Waals surface area contributed by atoms with Crippen LogP contribution < -0.4 is 0 Å². The molecule has 0 aliphatic rings. The Labute approximate surface area is 142 Å². The van der Waals surface area contributed by atoms with Crippen molar-refractivity contribution >= 4 is 0 Å². The van der Waals surface area contributed by atoms with Gasteiger partial charge in [-0.15, -0.1) is 0 Å². The molecule has 130 valence electrons. The number of hydrogen-bond donors (Lipinski definition) is 0. The van der Waals surface area contributed by atoms with Crippen LogP contribution in [0.5, 0.6) is 0 Å². The van der Waals surface area contributed by atoms with Crippen LogP contribution in [0.4, 0.5) is 0 Å². The predicted molar refractivity (Wildman–Crippen MR) is 95.3 cm³/mol. The molecule has 0 N–H and O–H groups in total. The van der Waals surface area contributed by atoms with Crippen LogP contribution in [0, 0.1) is 11.3 Å². The molecule has 0 spiro atoms. The SMILES string of the molecule is CCCCCCCCC(CCCCCCC)c1nocc1C#N. The maximum atomic E-state index is 9.22. The van der Waals surface area contributed by atoms with Crippen molar-refractivity contribution in [2.75, 3.05) is 0 Å². The molecule has 0 radical (unpaired) electrons. The van der Waals surface area contributed by atoms with Crippen LogP contribution in [0.15, 0.2) is 10.8 Å². The van der Waals surface area contributed by atoms with Gasteiger partial charge in [0.25, 0.3) is 0 Å². The van der Waals surface area contributed by atoms with E-state index in [2.05, 4.69) is 25.1 Å². The Balaban J connectivity index is 2.41. The first-order valence-electron chi connectivity index (χ1n) is 9.67. The van der Waals surface area contributed by atoms with Gasteiger partial charge in [0.05, 0.1) is 0 Å². The van der Waals surface area contributed by atoms with Gasteiger partial charge in [0.15, 0.2) is 0 Å². The summed E-state index contributed by atoms with van der Waals surface area (Å²) < 4.78 is 5.05. The third kappa shape index (κ3) is 8.21. The standard InChI is InChI=1S/C20H34N2O/c1-3-5-7-9-11-13-15-18(14-12-10-8-6-4-2)20-19(16-21)17-23-22-20/h17-18H,3-15H2,1-2H3. The van der Waals surface area contributed by atoms with Gasteiger partial charge in [-0.2, -0.15) is 5.26 Å². The van der Waals surface area contributed by atoms with Crippen LogP contribution in [-0.2, 0) is 0 Å². The second-order valence-electron chi connectivity index (χ2n) is 6.68. The smallest absolute Gasteiger partial charge is 0.141 e. The number of hydrogen-bond acceptors (Lipinski definition) is 3. The zero-order valence-electron chi connectivity index (χ0n) is 15.1. The number of unbranched alkanes of at least 4 members (excludes halogenated alkanes) is 9. The molecule has 1 rings (SSSR count). The van der Waals surface area contributed by atoms with Crippen molar-refractivity contribution in [3.8, 4) is 6.07 Å². The Bertz CT molecular complexity index is 433. The first-order valence-corrected chi connectivity index (χ1v) is 9.67. The number of nitrogens with zero attached hydrogens (tertiary/aromatic N) is 2. The largest absolute Gasteiger partial charge is 0.363 e. The third-order valence-electron chi connectivity index (χ3n) is 4.67. The molecule has 0 fully saturated rings. The lowest BCUT2D eigenvalue weighted by molar-refractivity contribution is 0.392. The fourth-order valence-electron chi connectivity index (χ4n) is 3.21. The van der Waals surface area contributed by atoms with E-state index in [-0.39, 0.29) is 0 Å². The van der Waals surface area contributed by atoms with Crippen molar-refractivity contribution in [3.63, 3.8) is 0 Å². The van der Waals surface area contributed by atoms with Crippen molar-refractivity contribution < 1.29 is 4.52 Å². The number of aromatic nitrogens is 1. The quantitative estimate of drug-likeness (QED) is 0.357. The van der Waals surface area contributed by atoms with E-state index in [1.165, 1.54) is 76.9 Å². The van der Waals surface area contributed by atoms with Crippen molar-refractivity contribution in [3.05, 3.63) is 17.5 Å². The molecule has 0 aromatic carbocycles. The van der Waals surface area contributed by atoms with Crippen molar-refractivity contribution in [2.24, 2.45) is 0 Å². The molecule has 1 unspecified atom stereocenters. The van der Waals surface area contributed by atoms with Crippen LogP contribution in [-0.4, -0.2) is 5.16 Å². The molecule has 23 heavy (non-hydrogen) atoms. The molecular formula is C20H34N2O. The van der Waals surface area contributed by atoms with Gasteiger partial charge in [-0.3, -0.25) is 0 Å². The van der Waals surface area contributed by atoms with Crippen LogP contribution in [0.2, 0.25) is 0 Å². The molecule has 0 aliphatic carbocycles. The summed E-state index contributed by atoms with van der Waals surface area (Å²) in [5.41, 5.74) is 1.53. The van der Waals surface area contributed by atoms with Crippen molar-refractivity contribution in [1.29, 1.82) is 5.26 Å². The second-order valence-corrected chi connectivity index (χ2v) is 6.68. The molecule has 0 aliphatic heterocycles. The number of nitriles is 1. The monoisotopic (exact) mass is 318 g/mol. The van der Waals surface area contributed by atoms with Gasteiger partial charge in [0.2, 0.25) is 0 Å². The highest BCUT2D eigenvalue weighted by atomic mass is 16.5. The van der Waals surface area contributed by atoms with Crippen LogP contribution in [0.1, 0.15) is 114 Å². The summed E-state index contributed by atoms with van der Waals surface area (Å²) in [7, 11) is 0. The van der Waals surface area contributed by atoms with E-state index in [0.29, 0.717) is 11.5 Å². The fraction of sp³-hybridized carbons (Fsp3) is 0.800. The molecule has 1 atom stereocenters. The van der Waals surface area contributed by atoms with E-state index in [1.54, 1.807) is 0 Å². The molecule has 0 amide bonds. The van der Waals surface area contributed by atoms with Crippen LogP contribution in [0.3, 0.4) is 0 Å². The maximum Gasteiger partial charge on any atom is 0.141 e. The van der Waals surface area contributed by atoms with E-state index >= 15 is 0 Å². The lowest BCUT2D eigenvalue weighted by Gasteiger charge is -2.14. The molecule has 3 heteroatoms. The van der Waals surface area contributed by atoms with Gasteiger partial charge in [-0.05, 0) is 12.8 Å². The molecule has 0 bridgehead atoms. The van der Waals surface area contributed by atoms with Crippen molar-refractivity contribution in [1.82, 2.24) is 5.16 Å². The van der Waals surface area contributed by atoms with Crippen LogP contribution >= 0.6 is 0 Å². The Kier molecular flexibility index (Phi) is 11.3. The molecule has 0 saturated heterocycles. The Hall–Kier alpha value is -1.30. The average Bonchev–Trinajstić information content (AvgIpc) is 3.04. The fourth-order valence-corrected chi connectivity index (χ4v) is 3.21. The van der Waals surface area contributed by atoms with E-state index in [0.717, 1.165) is 18.5 Å². The minimum absolute atomic E-state index is 0.399. The van der Waals surface area contributed by atoms with E-state index in [4.69, 9.17) is 4.52 Å². The van der Waals surface area contributed by atoms with Gasteiger partial charge >= 0.3 is 0 Å². The topological polar surface area (TPSA) is 49.8 Å². The molecular weight excluding hydrogens is 284 g/mol. The summed E-state index contributed by atoms with van der Waals surface area (Å²) in [6.07, 6.45) is 18.1. The van der Waals surface area contributed by atoms with Gasteiger partial charge < -0.3 is 4.52 Å². The average molecular weight is 319 g/mol. The van der Waals surface area contributed by atoms with E-state index in [9.17, 15) is 5.26 Å². The van der Waals surface area contributed by atoms with E-state index < -0.39 is 0 Å². The van der Waals surface area contributed by atoms with Gasteiger partial charge in [0, 0.05) is 5.92 Å². The third-order valence-corrected chi connectivity index (χ3v) is 4.67. The minimum Gasteiger partial charge on any atom is -0.363 e. The van der Waals surface area contributed by atoms with Gasteiger partial charge in [-0.25, -0.2) is 0 Å². The first-order chi connectivity index (χ1) is 11.3. The Morgan fingerprint density at radius 1 is 0.913 bits per heavy atom. The van der Waals surface area contributed by atoms with Gasteiger partial charge in [0.1, 0.15) is 23.6 Å². The highest BCUT2D eigenvalue weighted by molar-refractivity contribution is 5.31. The summed E-state index contributed by atoms with van der Waals surface area (Å²) >= 11 is 0. The maximum absolute atomic E-state index is 9.22. The molecule has 0 saturated carbocycles. The minimum atomic E-state index is 0.399. The van der Waals surface area contributed by atoms with Crippen LogP contribution in [0.25, 0.3) is 0 Å². The normalized spacial score (nSPS) is 12.2. The molecule has 1 aromatic rings. The molecule has 1 aromatic heterocycles. The lowest BCUT2D eigenvalue weighted by atomic mass is 9.90. The zero-order valence-corrected chi connectivity index (χ0v) is 15.1. The highest BCUT2D eigenvalue weighted by Crippen LogP contribution is 2.29. The summed E-state index contributed by atoms with van der Waals surface area (Å²) in [5, 5.41) is 13.3. The summed E-state index contributed by atoms with van der Waals surface area (Å²) in [4.78, 5) is 0. The van der Waals surface area contributed by atoms with Gasteiger partial charge in [-0.1, -0.05) is 89.6 Å². The molecule has 1 heterocycles. The number of rotatable bonds is 14. The molecule has 3 nitrogen and oxygen atoms in total. The zero-order chi connectivity index (χ0) is 16.8. The second kappa shape index (κ2) is 13.2. The van der Waals surface area contributed by atoms with Crippen molar-refractivity contribution in [2.45, 2.75) is 103 Å². The highest BCUT2D eigenvalue weighted by Gasteiger charge is 2.19. The predicted octanol–water partition coefficient (Wildman–Crippen LogP) is 6.74. The summed E-state index contributed by atoms with van der Waals surface area (Å²) in [5.74, 6) is 0.399. The summed E-state index contributed by atoms with van der Waals surface area (Å²) in [6.45, 7) is 4.50. The Morgan fingerprint density at radius 3 is 1.96 bits per heavy atom. The summed E-state index contributed by atoms with van der Waals surface area (Å²) in [6, 6.07) is 2.23. The van der Waals surface area contributed by atoms with E-state index in [1.807, 2.05) is 0 Å². The Morgan fingerprint density at radius 2 is 1.43 bits per heavy atom. The first kappa shape index (κ1) is 19.7.